The lowest BCUT2D eigenvalue weighted by Crippen LogP contribution is -2.92. The molecule has 2 heterocycles. The Labute approximate surface area is 154 Å². The van der Waals surface area contributed by atoms with Crippen molar-refractivity contribution in [1.82, 2.24) is 15.6 Å². The van der Waals surface area contributed by atoms with Gasteiger partial charge in [-0.25, -0.2) is 9.59 Å². The second-order valence-electron chi connectivity index (χ2n) is 6.18. The highest BCUT2D eigenvalue weighted by molar-refractivity contribution is 6.17. The molecule has 4 amide bonds. The molecule has 1 aliphatic heterocycles. The van der Waals surface area contributed by atoms with Crippen molar-refractivity contribution in [2.24, 2.45) is 5.92 Å². The van der Waals surface area contributed by atoms with E-state index in [4.69, 9.17) is 4.74 Å². The molecule has 0 bridgehead atoms. The van der Waals surface area contributed by atoms with Crippen LogP contribution in [0.3, 0.4) is 0 Å². The normalized spacial score (nSPS) is 16.0. The molecule has 0 radical (unpaired) electrons. The molecule has 9 heteroatoms. The molecule has 1 saturated heterocycles. The van der Waals surface area contributed by atoms with Crippen LogP contribution in [0.15, 0.2) is 42.7 Å². The van der Waals surface area contributed by atoms with Gasteiger partial charge in [0, 0.05) is 23.5 Å². The number of H-pyrrole nitrogens is 1. The van der Waals surface area contributed by atoms with E-state index >= 15 is 0 Å². The number of hydrogen-bond donors (Lipinski definition) is 4. The number of esters is 1. The van der Waals surface area contributed by atoms with Crippen LogP contribution in [0.4, 0.5) is 4.79 Å². The predicted molar refractivity (Wildman–Crippen MR) is 94.0 cm³/mol. The fraction of sp³-hybridized carbons (Fsp3) is 0.222. The molecule has 9 nitrogen and oxygen atoms in total. The number of rotatable bonds is 6. The van der Waals surface area contributed by atoms with E-state index in [2.05, 4.69) is 11.6 Å². The third kappa shape index (κ3) is 3.72. The Morgan fingerprint density at radius 3 is 2.56 bits per heavy atom. The third-order valence-corrected chi connectivity index (χ3v) is 4.40. The van der Waals surface area contributed by atoms with Gasteiger partial charge in [0.1, 0.15) is 5.70 Å². The lowest BCUT2D eigenvalue weighted by molar-refractivity contribution is -0.634. The Kier molecular flexibility index (Phi) is 5.04. The number of aromatic amines is 1. The van der Waals surface area contributed by atoms with Crippen LogP contribution in [0.5, 0.6) is 0 Å². The zero-order chi connectivity index (χ0) is 19.6. The third-order valence-electron chi connectivity index (χ3n) is 4.40. The van der Waals surface area contributed by atoms with Crippen molar-refractivity contribution in [1.29, 1.82) is 0 Å². The molecule has 1 fully saturated rings. The van der Waals surface area contributed by atoms with Crippen molar-refractivity contribution < 1.29 is 29.2 Å². The van der Waals surface area contributed by atoms with Crippen molar-refractivity contribution >= 4 is 34.7 Å². The van der Waals surface area contributed by atoms with Crippen LogP contribution in [-0.4, -0.2) is 42.0 Å². The maximum Gasteiger partial charge on any atom is 0.365 e. The van der Waals surface area contributed by atoms with Gasteiger partial charge in [0.05, 0.1) is 7.11 Å². The minimum Gasteiger partial charge on any atom is -0.465 e. The summed E-state index contributed by atoms with van der Waals surface area (Å²) in [6.07, 6.45) is 2.10. The summed E-state index contributed by atoms with van der Waals surface area (Å²) in [5.74, 6) is -3.35. The molecule has 2 aromatic rings. The Morgan fingerprint density at radius 1 is 1.22 bits per heavy atom. The summed E-state index contributed by atoms with van der Waals surface area (Å²) in [6.45, 7) is 3.75. The number of nitrogens with two attached hydrogens (primary N) is 1. The van der Waals surface area contributed by atoms with Crippen molar-refractivity contribution in [2.45, 2.75) is 12.5 Å². The van der Waals surface area contributed by atoms with E-state index in [1.165, 1.54) is 12.4 Å². The number of methoxy groups -OCH3 is 1. The summed E-state index contributed by atoms with van der Waals surface area (Å²) >= 11 is 0. The van der Waals surface area contributed by atoms with E-state index in [0.717, 1.165) is 16.5 Å². The lowest BCUT2D eigenvalue weighted by Gasteiger charge is -2.22. The smallest absolute Gasteiger partial charge is 0.365 e. The van der Waals surface area contributed by atoms with Crippen LogP contribution < -0.4 is 16.0 Å². The van der Waals surface area contributed by atoms with E-state index < -0.39 is 35.8 Å². The molecule has 3 rings (SSSR count). The van der Waals surface area contributed by atoms with Crippen LogP contribution in [-0.2, 0) is 25.5 Å². The molecule has 140 valence electrons. The molecule has 0 saturated carbocycles. The predicted octanol–water partition coefficient (Wildman–Crippen LogP) is -0.689. The van der Waals surface area contributed by atoms with Crippen LogP contribution in [0.1, 0.15) is 5.56 Å². The monoisotopic (exact) mass is 371 g/mol. The number of para-hydroxylation sites is 1. The fourth-order valence-electron chi connectivity index (χ4n) is 3.11. The van der Waals surface area contributed by atoms with Gasteiger partial charge in [0.2, 0.25) is 0 Å². The number of barbiturate groups is 1. The number of hydrogen-bond acceptors (Lipinski definition) is 5. The zero-order valence-corrected chi connectivity index (χ0v) is 14.6. The highest BCUT2D eigenvalue weighted by atomic mass is 16.5. The van der Waals surface area contributed by atoms with Gasteiger partial charge in [0.15, 0.2) is 12.0 Å². The van der Waals surface area contributed by atoms with Crippen LogP contribution in [0.2, 0.25) is 0 Å². The van der Waals surface area contributed by atoms with Crippen molar-refractivity contribution in [3.05, 3.63) is 48.3 Å². The zero-order valence-electron chi connectivity index (χ0n) is 14.6. The molecule has 27 heavy (non-hydrogen) atoms. The number of imide groups is 2. The summed E-state index contributed by atoms with van der Waals surface area (Å²) in [5.41, 5.74) is 1.94. The quantitative estimate of drug-likeness (QED) is 0.394. The van der Waals surface area contributed by atoms with Crippen LogP contribution in [0.25, 0.3) is 10.9 Å². The Morgan fingerprint density at radius 2 is 1.89 bits per heavy atom. The molecule has 0 spiro atoms. The van der Waals surface area contributed by atoms with E-state index in [9.17, 15) is 19.2 Å². The van der Waals surface area contributed by atoms with Gasteiger partial charge in [-0.15, -0.1) is 0 Å². The number of aromatic nitrogens is 1. The van der Waals surface area contributed by atoms with Gasteiger partial charge < -0.3 is 15.0 Å². The number of carbonyl (C=O) groups is 4. The summed E-state index contributed by atoms with van der Waals surface area (Å²) in [6, 6.07) is 6.01. The number of benzene rings is 1. The Hall–Kier alpha value is -3.46. The number of nitrogens with one attached hydrogen (secondary N) is 3. The summed E-state index contributed by atoms with van der Waals surface area (Å²) < 4.78 is 4.86. The molecule has 1 aromatic carbocycles. The van der Waals surface area contributed by atoms with Crippen molar-refractivity contribution in [2.75, 3.05) is 7.11 Å². The highest BCUT2D eigenvalue weighted by Gasteiger charge is 2.40. The summed E-state index contributed by atoms with van der Waals surface area (Å²) in [7, 11) is 1.26. The number of quaternary nitrogens is 1. The second-order valence-corrected chi connectivity index (χ2v) is 6.18. The number of urea groups is 1. The van der Waals surface area contributed by atoms with Gasteiger partial charge in [-0.3, -0.25) is 20.2 Å². The molecular weight excluding hydrogens is 352 g/mol. The Bertz CT molecular complexity index is 928. The topological polar surface area (TPSA) is 134 Å². The average Bonchev–Trinajstić information content (AvgIpc) is 3.02. The molecule has 1 aromatic heterocycles. The molecule has 1 aliphatic rings. The van der Waals surface area contributed by atoms with E-state index in [1.807, 2.05) is 34.9 Å². The van der Waals surface area contributed by atoms with Crippen molar-refractivity contribution in [3.8, 4) is 0 Å². The minimum absolute atomic E-state index is 0.118. The van der Waals surface area contributed by atoms with Gasteiger partial charge >= 0.3 is 12.0 Å². The SMILES string of the molecule is C=C([NH2+][C@@H](Cc1c[nH]c2ccccc12)C(=O)OC)C1C(=O)NC(=O)NC1=O. The first kappa shape index (κ1) is 18.3. The first-order valence-corrected chi connectivity index (χ1v) is 8.23. The van der Waals surface area contributed by atoms with Crippen LogP contribution in [0, 0.1) is 5.92 Å². The first-order valence-electron chi connectivity index (χ1n) is 8.23. The molecule has 5 N–H and O–H groups in total. The maximum atomic E-state index is 12.2. The van der Waals surface area contributed by atoms with E-state index in [-0.39, 0.29) is 5.70 Å². The fourth-order valence-corrected chi connectivity index (χ4v) is 3.11. The largest absolute Gasteiger partial charge is 0.465 e. The van der Waals surface area contributed by atoms with E-state index in [0.29, 0.717) is 6.42 Å². The highest BCUT2D eigenvalue weighted by Crippen LogP contribution is 2.19. The lowest BCUT2D eigenvalue weighted by atomic mass is 10.00. The minimum atomic E-state index is -1.28. The van der Waals surface area contributed by atoms with E-state index in [1.54, 1.807) is 6.20 Å². The maximum absolute atomic E-state index is 12.2. The van der Waals surface area contributed by atoms with Gasteiger partial charge in [-0.05, 0) is 18.2 Å². The number of fused-ring (bicyclic) bond motifs is 1. The molecule has 0 aliphatic carbocycles. The second kappa shape index (κ2) is 7.42. The average molecular weight is 371 g/mol. The number of amides is 4. The standard InChI is InChI=1S/C18H18N4O5/c1-9(14-15(23)21-18(26)22-16(14)24)20-13(17(25)27-2)7-10-8-19-12-6-4-3-5-11(10)12/h3-6,8,13-14,19-20H,1,7H2,2H3,(H2,21,22,23,24,26)/p+1/t13-/m0/s1. The van der Waals surface area contributed by atoms with Gasteiger partial charge in [0.25, 0.3) is 11.8 Å². The van der Waals surface area contributed by atoms with Crippen LogP contribution >= 0.6 is 0 Å². The molecule has 1 atom stereocenters. The molecule has 0 unspecified atom stereocenters. The van der Waals surface area contributed by atoms with Gasteiger partial charge in [-0.1, -0.05) is 18.2 Å². The number of carbonyl (C=O) groups excluding carboxylic acids is 4. The van der Waals surface area contributed by atoms with Gasteiger partial charge in [-0.2, -0.15) is 0 Å². The van der Waals surface area contributed by atoms with Crippen molar-refractivity contribution in [3.63, 3.8) is 0 Å². The first-order chi connectivity index (χ1) is 12.9. The Balaban J connectivity index is 1.80. The summed E-state index contributed by atoms with van der Waals surface area (Å²) in [5, 5.41) is 6.43. The number of ether oxygens (including phenoxy) is 1. The summed E-state index contributed by atoms with van der Waals surface area (Å²) in [4.78, 5) is 50.5. The molecular formula is C18H19N4O5+.